The Hall–Kier alpha value is -1.99. The summed E-state index contributed by atoms with van der Waals surface area (Å²) in [5, 5.41) is 10.0. The van der Waals surface area contributed by atoms with Gasteiger partial charge in [-0.2, -0.15) is 0 Å². The zero-order valence-corrected chi connectivity index (χ0v) is 25.6. The number of hydrogen-bond acceptors (Lipinski definition) is 7. The summed E-state index contributed by atoms with van der Waals surface area (Å²) in [7, 11) is -5.54. The Labute approximate surface area is 235 Å². The van der Waals surface area contributed by atoms with E-state index < -0.39 is 29.5 Å². The molecule has 0 saturated carbocycles. The maximum absolute atomic E-state index is 12.9. The first-order valence-corrected chi connectivity index (χ1v) is 18.5. The van der Waals surface area contributed by atoms with Gasteiger partial charge in [-0.15, -0.1) is 0 Å². The van der Waals surface area contributed by atoms with Crippen LogP contribution < -0.4 is 4.74 Å². The van der Waals surface area contributed by atoms with Gasteiger partial charge in [0.05, 0.1) is 0 Å². The number of para-hydroxylation sites is 1. The van der Waals surface area contributed by atoms with Crippen LogP contribution in [0.4, 0.5) is 0 Å². The Morgan fingerprint density at radius 3 is 1.92 bits per heavy atom. The molecule has 0 fully saturated rings. The number of carbonyl (C=O) groups is 1. The van der Waals surface area contributed by atoms with Gasteiger partial charge in [-0.25, -0.2) is 0 Å². The number of aliphatic hydroxyl groups excluding tert-OH is 1. The summed E-state index contributed by atoms with van der Waals surface area (Å²) in [6.07, 6.45) is 10.6. The summed E-state index contributed by atoms with van der Waals surface area (Å²) in [6.45, 7) is 6.57. The van der Waals surface area contributed by atoms with Crippen molar-refractivity contribution in [1.82, 2.24) is 0 Å². The van der Waals surface area contributed by atoms with Gasteiger partial charge in [-0.1, -0.05) is 18.2 Å². The molecule has 2 aromatic rings. The van der Waals surface area contributed by atoms with E-state index in [4.69, 9.17) is 13.7 Å². The van der Waals surface area contributed by atoms with Crippen LogP contribution in [0.5, 0.6) is 5.75 Å². The van der Waals surface area contributed by atoms with Gasteiger partial charge in [0.2, 0.25) is 0 Å². The van der Waals surface area contributed by atoms with Gasteiger partial charge in [0.15, 0.2) is 0 Å². The molecule has 9 heteroatoms. The first kappa shape index (κ1) is 33.2. The van der Waals surface area contributed by atoms with E-state index in [1.165, 1.54) is 62.0 Å². The van der Waals surface area contributed by atoms with E-state index >= 15 is 0 Å². The average Bonchev–Trinajstić information content (AvgIpc) is 2.95. The molecule has 0 aliphatic carbocycles. The standard InChI is InChI=1S/C30H47O7PS/c1-4-7-20-38(21-8-5-2,22-9-6-3)23-19-37-39(33,34)29-17-15-26(16-18-29)30(32)36-25-27(31)24-35-28-13-11-10-12-14-28/h10-18,27,31,38H,4-9,19-25H2,1-3H3. The van der Waals surface area contributed by atoms with Gasteiger partial charge in [-0.3, -0.25) is 0 Å². The van der Waals surface area contributed by atoms with Crippen molar-refractivity contribution in [2.75, 3.05) is 44.5 Å². The second-order valence-electron chi connectivity index (χ2n) is 10.2. The van der Waals surface area contributed by atoms with Gasteiger partial charge < -0.3 is 9.84 Å². The number of esters is 1. The van der Waals surface area contributed by atoms with Crippen molar-refractivity contribution in [3.05, 3.63) is 60.2 Å². The second-order valence-corrected chi connectivity index (χ2v) is 16.9. The van der Waals surface area contributed by atoms with Crippen molar-refractivity contribution < 1.29 is 32.0 Å². The molecule has 0 saturated heterocycles. The van der Waals surface area contributed by atoms with Crippen LogP contribution in [-0.2, 0) is 19.0 Å². The van der Waals surface area contributed by atoms with Crippen LogP contribution in [0.25, 0.3) is 0 Å². The molecule has 7 nitrogen and oxygen atoms in total. The summed E-state index contributed by atoms with van der Waals surface area (Å²) in [4.78, 5) is 12.4. The molecule has 0 amide bonds. The molecule has 0 aromatic heterocycles. The van der Waals surface area contributed by atoms with Crippen molar-refractivity contribution >= 4 is 23.3 Å². The Balaban J connectivity index is 1.90. The van der Waals surface area contributed by atoms with Crippen LogP contribution in [0.2, 0.25) is 0 Å². The van der Waals surface area contributed by atoms with Gasteiger partial charge in [0.25, 0.3) is 0 Å². The van der Waals surface area contributed by atoms with Crippen LogP contribution >= 0.6 is 7.26 Å². The number of aliphatic hydroxyl groups is 1. The van der Waals surface area contributed by atoms with E-state index in [2.05, 4.69) is 20.8 Å². The van der Waals surface area contributed by atoms with Crippen LogP contribution in [0.3, 0.4) is 0 Å². The van der Waals surface area contributed by atoms with Crippen LogP contribution in [0.15, 0.2) is 59.5 Å². The molecule has 0 bridgehead atoms. The van der Waals surface area contributed by atoms with Gasteiger partial charge >= 0.3 is 183 Å². The van der Waals surface area contributed by atoms with E-state index in [9.17, 15) is 18.3 Å². The fourth-order valence-electron chi connectivity index (χ4n) is 4.61. The molecular weight excluding hydrogens is 535 g/mol. The SMILES string of the molecule is CCCC[PH](CCCC)(CCCC)CCOS(=O)(=O)c1ccc(C(=O)OCC(O)COc2ccccc2)cc1. The third kappa shape index (κ3) is 12.0. The summed E-state index contributed by atoms with van der Waals surface area (Å²) < 4.78 is 41.9. The van der Waals surface area contributed by atoms with E-state index in [0.29, 0.717) is 5.75 Å². The van der Waals surface area contributed by atoms with Gasteiger partial charge in [0.1, 0.15) is 12.4 Å². The summed E-state index contributed by atoms with van der Waals surface area (Å²) >= 11 is 0. The quantitative estimate of drug-likeness (QED) is 0.114. The fraction of sp³-hybridized carbons (Fsp3) is 0.567. The molecule has 0 heterocycles. The molecule has 0 aliphatic heterocycles. The number of benzene rings is 2. The fourth-order valence-corrected chi connectivity index (χ4v) is 11.0. The van der Waals surface area contributed by atoms with E-state index in [0.717, 1.165) is 25.4 Å². The summed E-state index contributed by atoms with van der Waals surface area (Å²) in [5.41, 5.74) is 0.190. The minimum atomic E-state index is -3.93. The Kier molecular flexibility index (Phi) is 15.0. The number of rotatable bonds is 20. The van der Waals surface area contributed by atoms with Crippen LogP contribution in [0.1, 0.15) is 69.7 Å². The molecule has 2 aromatic carbocycles. The molecule has 0 aliphatic rings. The molecule has 1 N–H and O–H groups in total. The van der Waals surface area contributed by atoms with Crippen molar-refractivity contribution in [2.24, 2.45) is 0 Å². The topological polar surface area (TPSA) is 99.1 Å². The van der Waals surface area contributed by atoms with Crippen LogP contribution in [-0.4, -0.2) is 70.1 Å². The van der Waals surface area contributed by atoms with Crippen LogP contribution in [0, 0.1) is 0 Å². The predicted molar refractivity (Wildman–Crippen MR) is 160 cm³/mol. The number of unbranched alkanes of at least 4 members (excludes halogenated alkanes) is 3. The van der Waals surface area contributed by atoms with Gasteiger partial charge in [-0.05, 0) is 12.1 Å². The zero-order valence-electron chi connectivity index (χ0n) is 23.8. The number of carbonyl (C=O) groups excluding carboxylic acids is 1. The third-order valence-corrected chi connectivity index (χ3v) is 13.9. The van der Waals surface area contributed by atoms with E-state index in [1.54, 1.807) is 12.1 Å². The molecule has 1 unspecified atom stereocenters. The van der Waals surface area contributed by atoms with Crippen molar-refractivity contribution in [2.45, 2.75) is 70.3 Å². The van der Waals surface area contributed by atoms with Crippen molar-refractivity contribution in [3.63, 3.8) is 0 Å². The van der Waals surface area contributed by atoms with Crippen molar-refractivity contribution in [1.29, 1.82) is 0 Å². The summed E-state index contributed by atoms with van der Waals surface area (Å²) in [5.74, 6) is -0.0463. The second kappa shape index (κ2) is 17.6. The molecule has 0 radical (unpaired) electrons. The van der Waals surface area contributed by atoms with E-state index in [-0.39, 0.29) is 30.3 Å². The Morgan fingerprint density at radius 1 is 0.821 bits per heavy atom. The average molecular weight is 583 g/mol. The first-order valence-electron chi connectivity index (χ1n) is 14.3. The first-order chi connectivity index (χ1) is 18.7. The maximum atomic E-state index is 12.9. The monoisotopic (exact) mass is 582 g/mol. The molecule has 39 heavy (non-hydrogen) atoms. The minimum absolute atomic E-state index is 0.0123. The summed E-state index contributed by atoms with van der Waals surface area (Å²) in [6, 6.07) is 14.5. The van der Waals surface area contributed by atoms with E-state index in [1.807, 2.05) is 18.2 Å². The molecule has 2 rings (SSSR count). The number of ether oxygens (including phenoxy) is 2. The zero-order chi connectivity index (χ0) is 28.6. The Bertz CT molecular complexity index is 1040. The number of hydrogen-bond donors (Lipinski definition) is 1. The normalized spacial score (nSPS) is 13.1. The molecule has 0 spiro atoms. The van der Waals surface area contributed by atoms with Gasteiger partial charge in [0, 0.05) is 0 Å². The molecule has 220 valence electrons. The Morgan fingerprint density at radius 2 is 1.38 bits per heavy atom. The predicted octanol–water partition coefficient (Wildman–Crippen LogP) is 6.14. The van der Waals surface area contributed by atoms with Crippen molar-refractivity contribution in [3.8, 4) is 5.75 Å². The molecular formula is C30H47O7PS. The third-order valence-electron chi connectivity index (χ3n) is 7.02. The molecule has 1 atom stereocenters.